The van der Waals surface area contributed by atoms with Crippen molar-refractivity contribution < 1.29 is 26.4 Å². The molecule has 10 nitrogen and oxygen atoms in total. The molecule has 2 aliphatic rings. The third-order valence-electron chi connectivity index (χ3n) is 5.69. The molecule has 12 heteroatoms. The first-order valence-corrected chi connectivity index (χ1v) is 13.1. The van der Waals surface area contributed by atoms with Crippen molar-refractivity contribution in [1.82, 2.24) is 18.2 Å². The van der Waals surface area contributed by atoms with E-state index in [2.05, 4.69) is 4.72 Å². The van der Waals surface area contributed by atoms with Crippen molar-refractivity contribution in [2.75, 3.05) is 47.4 Å². The van der Waals surface area contributed by atoms with Crippen molar-refractivity contribution in [2.24, 2.45) is 0 Å². The second-order valence-electron chi connectivity index (χ2n) is 7.95. The number of hydrogen-bond donors (Lipinski definition) is 1. The topological polar surface area (TPSA) is 116 Å². The van der Waals surface area contributed by atoms with E-state index < -0.39 is 20.2 Å². The molecule has 1 aromatic carbocycles. The number of ether oxygens (including phenoxy) is 1. The van der Waals surface area contributed by atoms with Gasteiger partial charge in [-0.25, -0.2) is 13.1 Å². The number of amides is 1. The summed E-state index contributed by atoms with van der Waals surface area (Å²) in [6.45, 7) is 0.800. The van der Waals surface area contributed by atoms with Crippen LogP contribution in [0.3, 0.4) is 0 Å². The standard InChI is InChI=1S/C19H30N4O6S2/c1-21(2)31(27,28)23-12-10-22(11-13-23)19(24)15-8-9-17(29-3)18(14-15)30(25,26)20-16-6-4-5-7-16/h8-9,14,16,20H,4-7,10-13H2,1-3H3. The normalized spacial score (nSPS) is 19.2. The van der Waals surface area contributed by atoms with Crippen molar-refractivity contribution >= 4 is 26.1 Å². The summed E-state index contributed by atoms with van der Waals surface area (Å²) in [5, 5.41) is 0. The van der Waals surface area contributed by atoms with Crippen molar-refractivity contribution in [3.63, 3.8) is 0 Å². The van der Waals surface area contributed by atoms with Gasteiger partial charge in [0.15, 0.2) is 0 Å². The Bertz CT molecular complexity index is 1010. The summed E-state index contributed by atoms with van der Waals surface area (Å²) in [6.07, 6.45) is 3.55. The van der Waals surface area contributed by atoms with E-state index >= 15 is 0 Å². The van der Waals surface area contributed by atoms with Crippen molar-refractivity contribution in [2.45, 2.75) is 36.6 Å². The van der Waals surface area contributed by atoms with E-state index in [9.17, 15) is 21.6 Å². The quantitative estimate of drug-likeness (QED) is 0.615. The average Bonchev–Trinajstić information content (AvgIpc) is 3.25. The summed E-state index contributed by atoms with van der Waals surface area (Å²) >= 11 is 0. The van der Waals surface area contributed by atoms with Gasteiger partial charge in [-0.2, -0.15) is 17.0 Å². The van der Waals surface area contributed by atoms with Crippen molar-refractivity contribution in [3.05, 3.63) is 23.8 Å². The van der Waals surface area contributed by atoms with Crippen LogP contribution in [-0.2, 0) is 20.2 Å². The lowest BCUT2D eigenvalue weighted by Gasteiger charge is -2.35. The van der Waals surface area contributed by atoms with Crippen LogP contribution < -0.4 is 9.46 Å². The molecule has 31 heavy (non-hydrogen) atoms. The summed E-state index contributed by atoms with van der Waals surface area (Å²) in [6, 6.07) is 4.23. The van der Waals surface area contributed by atoms with Crippen molar-refractivity contribution in [1.29, 1.82) is 0 Å². The molecule has 0 radical (unpaired) electrons. The highest BCUT2D eigenvalue weighted by atomic mass is 32.2. The minimum Gasteiger partial charge on any atom is -0.495 e. The highest BCUT2D eigenvalue weighted by Crippen LogP contribution is 2.28. The maximum atomic E-state index is 13.0. The predicted molar refractivity (Wildman–Crippen MR) is 116 cm³/mol. The second-order valence-corrected chi connectivity index (χ2v) is 11.8. The third kappa shape index (κ3) is 5.20. The van der Waals surface area contributed by atoms with Gasteiger partial charge in [-0.1, -0.05) is 12.8 Å². The number of methoxy groups -OCH3 is 1. The van der Waals surface area contributed by atoms with E-state index in [0.717, 1.165) is 30.0 Å². The van der Waals surface area contributed by atoms with E-state index in [1.54, 1.807) is 0 Å². The number of carbonyl (C=O) groups excluding carboxylic acids is 1. The molecule has 1 amide bonds. The number of rotatable bonds is 7. The molecule has 1 aliphatic heterocycles. The molecule has 2 fully saturated rings. The smallest absolute Gasteiger partial charge is 0.281 e. The minimum atomic E-state index is -3.85. The van der Waals surface area contributed by atoms with Crippen LogP contribution in [0.25, 0.3) is 0 Å². The first-order chi connectivity index (χ1) is 14.6. The number of piperazine rings is 1. The van der Waals surface area contributed by atoms with Gasteiger partial charge in [0.2, 0.25) is 10.0 Å². The fourth-order valence-corrected chi connectivity index (χ4v) is 6.47. The van der Waals surface area contributed by atoms with Crippen LogP contribution in [0.1, 0.15) is 36.0 Å². The van der Waals surface area contributed by atoms with Crippen LogP contribution >= 0.6 is 0 Å². The lowest BCUT2D eigenvalue weighted by molar-refractivity contribution is 0.0695. The highest BCUT2D eigenvalue weighted by molar-refractivity contribution is 7.89. The fraction of sp³-hybridized carbons (Fsp3) is 0.632. The minimum absolute atomic E-state index is 0.0680. The SMILES string of the molecule is COc1ccc(C(=O)N2CCN(S(=O)(=O)N(C)C)CC2)cc1S(=O)(=O)NC1CCCC1. The maximum absolute atomic E-state index is 13.0. The summed E-state index contributed by atoms with van der Waals surface area (Å²) in [4.78, 5) is 14.5. The van der Waals surface area contributed by atoms with Crippen LogP contribution in [0, 0.1) is 0 Å². The molecular formula is C19H30N4O6S2. The number of nitrogens with zero attached hydrogens (tertiary/aromatic N) is 3. The molecule has 0 unspecified atom stereocenters. The first kappa shape index (κ1) is 23.9. The zero-order valence-electron chi connectivity index (χ0n) is 18.1. The summed E-state index contributed by atoms with van der Waals surface area (Å²) in [7, 11) is -3.07. The number of sulfonamides is 1. The predicted octanol–water partition coefficient (Wildman–Crippen LogP) is 0.480. The van der Waals surface area contributed by atoms with E-state index in [4.69, 9.17) is 4.74 Å². The summed E-state index contributed by atoms with van der Waals surface area (Å²) in [5.74, 6) is -0.175. The van der Waals surface area contributed by atoms with E-state index in [1.165, 1.54) is 48.6 Å². The summed E-state index contributed by atoms with van der Waals surface area (Å²) in [5.41, 5.74) is 0.219. The molecule has 174 valence electrons. The Hall–Kier alpha value is -1.73. The Balaban J connectivity index is 1.77. The zero-order valence-corrected chi connectivity index (χ0v) is 19.7. The molecule has 0 spiro atoms. The van der Waals surface area contributed by atoms with Crippen LogP contribution in [-0.4, -0.2) is 89.7 Å². The van der Waals surface area contributed by atoms with E-state index in [-0.39, 0.29) is 54.3 Å². The van der Waals surface area contributed by atoms with Gasteiger partial charge in [-0.15, -0.1) is 0 Å². The molecular weight excluding hydrogens is 444 g/mol. The lowest BCUT2D eigenvalue weighted by Crippen LogP contribution is -2.53. The zero-order chi connectivity index (χ0) is 22.8. The Labute approximate surface area is 184 Å². The fourth-order valence-electron chi connectivity index (χ4n) is 3.88. The Morgan fingerprint density at radius 1 is 1.06 bits per heavy atom. The van der Waals surface area contributed by atoms with Crippen LogP contribution in [0.2, 0.25) is 0 Å². The Morgan fingerprint density at radius 2 is 1.68 bits per heavy atom. The number of nitrogens with one attached hydrogen (secondary N) is 1. The van der Waals surface area contributed by atoms with Crippen molar-refractivity contribution in [3.8, 4) is 5.75 Å². The molecule has 1 saturated carbocycles. The van der Waals surface area contributed by atoms with Crippen LogP contribution in [0.15, 0.2) is 23.1 Å². The van der Waals surface area contributed by atoms with Gasteiger partial charge < -0.3 is 9.64 Å². The van der Waals surface area contributed by atoms with Gasteiger partial charge in [-0.05, 0) is 31.0 Å². The monoisotopic (exact) mass is 474 g/mol. The molecule has 1 saturated heterocycles. The first-order valence-electron chi connectivity index (χ1n) is 10.2. The number of hydrogen-bond acceptors (Lipinski definition) is 6. The molecule has 0 bridgehead atoms. The molecule has 1 aromatic rings. The van der Waals surface area contributed by atoms with Gasteiger partial charge in [-0.3, -0.25) is 4.79 Å². The Kier molecular flexibility index (Phi) is 7.26. The third-order valence-corrected chi connectivity index (χ3v) is 9.17. The van der Waals surface area contributed by atoms with E-state index in [1.807, 2.05) is 0 Å². The molecule has 0 aromatic heterocycles. The molecule has 0 atom stereocenters. The van der Waals surface area contributed by atoms with Gasteiger partial charge in [0, 0.05) is 51.9 Å². The molecule has 1 N–H and O–H groups in total. The number of benzene rings is 1. The van der Waals surface area contributed by atoms with Gasteiger partial charge in [0.05, 0.1) is 7.11 Å². The Morgan fingerprint density at radius 3 is 2.23 bits per heavy atom. The lowest BCUT2D eigenvalue weighted by atomic mass is 10.1. The summed E-state index contributed by atoms with van der Waals surface area (Å²) < 4.78 is 60.8. The maximum Gasteiger partial charge on any atom is 0.281 e. The van der Waals surface area contributed by atoms with Gasteiger partial charge >= 0.3 is 0 Å². The number of carbonyl (C=O) groups is 1. The molecule has 3 rings (SSSR count). The second kappa shape index (κ2) is 9.41. The highest BCUT2D eigenvalue weighted by Gasteiger charge is 2.32. The van der Waals surface area contributed by atoms with Gasteiger partial charge in [0.1, 0.15) is 10.6 Å². The largest absolute Gasteiger partial charge is 0.495 e. The molecule has 1 aliphatic carbocycles. The van der Waals surface area contributed by atoms with Gasteiger partial charge in [0.25, 0.3) is 16.1 Å². The van der Waals surface area contributed by atoms with Crippen LogP contribution in [0.4, 0.5) is 0 Å². The average molecular weight is 475 g/mol. The van der Waals surface area contributed by atoms with Crippen LogP contribution in [0.5, 0.6) is 5.75 Å². The van der Waals surface area contributed by atoms with E-state index in [0.29, 0.717) is 0 Å². The molecule has 1 heterocycles.